The van der Waals surface area contributed by atoms with Crippen LogP contribution in [0.25, 0.3) is 11.4 Å². The van der Waals surface area contributed by atoms with Crippen molar-refractivity contribution in [2.45, 2.75) is 19.9 Å². The third-order valence-electron chi connectivity index (χ3n) is 2.94. The average Bonchev–Trinajstić information content (AvgIpc) is 2.86. The molecular weight excluding hydrogens is 256 g/mol. The van der Waals surface area contributed by atoms with Crippen molar-refractivity contribution in [2.75, 3.05) is 5.32 Å². The van der Waals surface area contributed by atoms with Crippen molar-refractivity contribution < 1.29 is 9.59 Å². The first-order valence-electron chi connectivity index (χ1n) is 6.19. The van der Waals surface area contributed by atoms with Crippen molar-refractivity contribution in [3.63, 3.8) is 0 Å². The molecule has 2 amide bonds. The Labute approximate surface area is 116 Å². The molecule has 2 aromatic rings. The summed E-state index contributed by atoms with van der Waals surface area (Å²) in [6.07, 6.45) is 3.32. The Bertz CT molecular complexity index is 648. The number of hydrogen-bond acceptors (Lipinski definition) is 3. The van der Waals surface area contributed by atoms with E-state index in [0.29, 0.717) is 11.5 Å². The molecule has 0 radical (unpaired) electrons. The molecule has 6 nitrogen and oxygen atoms in total. The summed E-state index contributed by atoms with van der Waals surface area (Å²) in [7, 11) is 0. The molecule has 1 unspecified atom stereocenters. The number of benzene rings is 1. The smallest absolute Gasteiger partial charge is 0.240 e. The van der Waals surface area contributed by atoms with Crippen LogP contribution in [0.2, 0.25) is 0 Å². The van der Waals surface area contributed by atoms with Crippen molar-refractivity contribution in [1.82, 2.24) is 9.55 Å². The van der Waals surface area contributed by atoms with E-state index >= 15 is 0 Å². The van der Waals surface area contributed by atoms with E-state index in [1.807, 2.05) is 12.1 Å². The number of imidazole rings is 1. The van der Waals surface area contributed by atoms with Crippen LogP contribution in [-0.2, 0) is 9.59 Å². The summed E-state index contributed by atoms with van der Waals surface area (Å²) in [6.45, 7) is 3.16. The molecule has 0 spiro atoms. The number of aromatic nitrogens is 2. The Kier molecular flexibility index (Phi) is 3.84. The predicted octanol–water partition coefficient (Wildman–Crippen LogP) is 1.55. The number of nitrogens with one attached hydrogen (secondary N) is 1. The zero-order valence-corrected chi connectivity index (χ0v) is 11.3. The molecule has 104 valence electrons. The summed E-state index contributed by atoms with van der Waals surface area (Å²) in [5.41, 5.74) is 6.80. The second-order valence-electron chi connectivity index (χ2n) is 4.50. The van der Waals surface area contributed by atoms with Gasteiger partial charge in [0, 0.05) is 30.6 Å². The quantitative estimate of drug-likeness (QED) is 0.884. The average molecular weight is 272 g/mol. The molecule has 1 aromatic heterocycles. The van der Waals surface area contributed by atoms with Gasteiger partial charge in [-0.1, -0.05) is 12.1 Å². The monoisotopic (exact) mass is 272 g/mol. The molecule has 1 heterocycles. The molecule has 3 N–H and O–H groups in total. The molecule has 1 atom stereocenters. The van der Waals surface area contributed by atoms with Crippen molar-refractivity contribution >= 4 is 17.5 Å². The number of rotatable bonds is 4. The Morgan fingerprint density at radius 1 is 1.40 bits per heavy atom. The van der Waals surface area contributed by atoms with Gasteiger partial charge in [-0.15, -0.1) is 0 Å². The lowest BCUT2D eigenvalue weighted by atomic mass is 10.1. The minimum atomic E-state index is -0.489. The van der Waals surface area contributed by atoms with Crippen LogP contribution in [0.5, 0.6) is 0 Å². The van der Waals surface area contributed by atoms with Gasteiger partial charge in [0.1, 0.15) is 11.9 Å². The van der Waals surface area contributed by atoms with Crippen LogP contribution in [0.1, 0.15) is 19.9 Å². The number of primary amides is 1. The van der Waals surface area contributed by atoms with E-state index < -0.39 is 11.9 Å². The van der Waals surface area contributed by atoms with Gasteiger partial charge in [0.25, 0.3) is 0 Å². The Hall–Kier alpha value is -2.63. The summed E-state index contributed by atoms with van der Waals surface area (Å²) < 4.78 is 1.70. The summed E-state index contributed by atoms with van der Waals surface area (Å²) in [5.74, 6) is 0.0572. The van der Waals surface area contributed by atoms with Gasteiger partial charge in [0.15, 0.2) is 0 Å². The molecule has 2 rings (SSSR count). The second-order valence-corrected chi connectivity index (χ2v) is 4.50. The number of carbonyl (C=O) groups excluding carboxylic acids is 2. The topological polar surface area (TPSA) is 90.0 Å². The maximum Gasteiger partial charge on any atom is 0.240 e. The van der Waals surface area contributed by atoms with Crippen molar-refractivity contribution in [1.29, 1.82) is 0 Å². The number of anilines is 1. The van der Waals surface area contributed by atoms with Crippen molar-refractivity contribution in [2.24, 2.45) is 5.73 Å². The molecule has 0 aliphatic rings. The predicted molar refractivity (Wildman–Crippen MR) is 75.9 cm³/mol. The number of hydrogen-bond donors (Lipinski definition) is 2. The molecule has 0 bridgehead atoms. The zero-order chi connectivity index (χ0) is 14.7. The molecule has 0 aliphatic heterocycles. The molecule has 0 fully saturated rings. The highest BCUT2D eigenvalue weighted by atomic mass is 16.2. The van der Waals surface area contributed by atoms with E-state index in [0.717, 1.165) is 5.56 Å². The van der Waals surface area contributed by atoms with Crippen LogP contribution in [0, 0.1) is 0 Å². The standard InChI is InChI=1S/C14H16N4O2/c1-9(13(15)20)18-7-6-16-14(18)11-4-3-5-12(8-11)17-10(2)19/h3-9H,1-2H3,(H2,15,20)(H,17,19). The fourth-order valence-electron chi connectivity index (χ4n) is 1.93. The first kappa shape index (κ1) is 13.8. The molecule has 0 saturated carbocycles. The maximum absolute atomic E-state index is 11.3. The van der Waals surface area contributed by atoms with E-state index in [4.69, 9.17) is 5.73 Å². The number of amides is 2. The van der Waals surface area contributed by atoms with Crippen LogP contribution in [0.15, 0.2) is 36.7 Å². The van der Waals surface area contributed by atoms with Gasteiger partial charge in [-0.2, -0.15) is 0 Å². The van der Waals surface area contributed by atoms with Gasteiger partial charge in [-0.05, 0) is 19.1 Å². The van der Waals surface area contributed by atoms with Crippen LogP contribution in [0.4, 0.5) is 5.69 Å². The molecule has 6 heteroatoms. The fourth-order valence-corrected chi connectivity index (χ4v) is 1.93. The van der Waals surface area contributed by atoms with Crippen LogP contribution >= 0.6 is 0 Å². The molecule has 0 saturated heterocycles. The van der Waals surface area contributed by atoms with Crippen LogP contribution in [0.3, 0.4) is 0 Å². The van der Waals surface area contributed by atoms with Gasteiger partial charge in [-0.3, -0.25) is 9.59 Å². The normalized spacial score (nSPS) is 11.9. The third-order valence-corrected chi connectivity index (χ3v) is 2.94. The van der Waals surface area contributed by atoms with E-state index in [9.17, 15) is 9.59 Å². The van der Waals surface area contributed by atoms with Gasteiger partial charge < -0.3 is 15.6 Å². The first-order chi connectivity index (χ1) is 9.49. The molecule has 0 aliphatic carbocycles. The van der Waals surface area contributed by atoms with Crippen molar-refractivity contribution in [3.05, 3.63) is 36.7 Å². The molecular formula is C14H16N4O2. The van der Waals surface area contributed by atoms with E-state index in [1.54, 1.807) is 36.0 Å². The van der Waals surface area contributed by atoms with Gasteiger partial charge in [0.2, 0.25) is 11.8 Å². The fraction of sp³-hybridized carbons (Fsp3) is 0.214. The summed E-state index contributed by atoms with van der Waals surface area (Å²) in [5, 5.41) is 2.71. The highest BCUT2D eigenvalue weighted by Gasteiger charge is 2.16. The number of nitrogens with two attached hydrogens (primary N) is 1. The largest absolute Gasteiger partial charge is 0.368 e. The van der Waals surface area contributed by atoms with E-state index in [-0.39, 0.29) is 5.91 Å². The van der Waals surface area contributed by atoms with Gasteiger partial charge >= 0.3 is 0 Å². The Balaban J connectivity index is 2.40. The lowest BCUT2D eigenvalue weighted by molar-refractivity contribution is -0.120. The summed E-state index contributed by atoms with van der Waals surface area (Å²) in [6, 6.07) is 6.77. The zero-order valence-electron chi connectivity index (χ0n) is 11.3. The number of carbonyl (C=O) groups is 2. The highest BCUT2D eigenvalue weighted by molar-refractivity contribution is 5.89. The SMILES string of the molecule is CC(=O)Nc1cccc(-c2nccn2C(C)C(N)=O)c1. The Morgan fingerprint density at radius 2 is 2.15 bits per heavy atom. The Morgan fingerprint density at radius 3 is 2.80 bits per heavy atom. The molecule has 1 aromatic carbocycles. The summed E-state index contributed by atoms with van der Waals surface area (Å²) >= 11 is 0. The minimum absolute atomic E-state index is 0.143. The lowest BCUT2D eigenvalue weighted by Crippen LogP contribution is -2.24. The van der Waals surface area contributed by atoms with E-state index in [2.05, 4.69) is 10.3 Å². The summed E-state index contributed by atoms with van der Waals surface area (Å²) in [4.78, 5) is 26.6. The lowest BCUT2D eigenvalue weighted by Gasteiger charge is -2.13. The second kappa shape index (κ2) is 5.56. The number of nitrogens with zero attached hydrogens (tertiary/aromatic N) is 2. The van der Waals surface area contributed by atoms with Crippen molar-refractivity contribution in [3.8, 4) is 11.4 Å². The van der Waals surface area contributed by atoms with E-state index in [1.165, 1.54) is 6.92 Å². The van der Waals surface area contributed by atoms with Crippen LogP contribution < -0.4 is 11.1 Å². The van der Waals surface area contributed by atoms with Gasteiger partial charge in [0.05, 0.1) is 0 Å². The highest BCUT2D eigenvalue weighted by Crippen LogP contribution is 2.23. The van der Waals surface area contributed by atoms with Crippen LogP contribution in [-0.4, -0.2) is 21.4 Å². The maximum atomic E-state index is 11.3. The van der Waals surface area contributed by atoms with Gasteiger partial charge in [-0.25, -0.2) is 4.98 Å². The third kappa shape index (κ3) is 2.85. The molecule has 20 heavy (non-hydrogen) atoms. The minimum Gasteiger partial charge on any atom is -0.368 e. The first-order valence-corrected chi connectivity index (χ1v) is 6.19.